The van der Waals surface area contributed by atoms with Gasteiger partial charge in [0.15, 0.2) is 0 Å². The van der Waals surface area contributed by atoms with Crippen LogP contribution in [0.5, 0.6) is 0 Å². The van der Waals surface area contributed by atoms with Gasteiger partial charge in [-0.1, -0.05) is 43.7 Å². The number of para-hydroxylation sites is 2. The van der Waals surface area contributed by atoms with Crippen LogP contribution in [-0.2, 0) is 0 Å². The molecule has 2 aromatic heterocycles. The molecule has 5 heteroatoms. The van der Waals surface area contributed by atoms with Crippen molar-refractivity contribution in [3.05, 3.63) is 78.4 Å². The monoisotopic (exact) mass is 492 g/mol. The van der Waals surface area contributed by atoms with Gasteiger partial charge in [-0.2, -0.15) is 0 Å². The standard InChI is InChI=1S/C32H36N4O/c1-31-15-13-23(35-30(37)21-6-5-17-33-19-21)18-22(31)9-10-24-25-11-12-29(32(25,2)16-14-26(24)31)36-20-34-27-7-3-4-8-28(27)36/h3-9,12,17,19-20,23-26H,10-11,13-16,18H2,1-2H3,(H,35,37)/t23-,24-,25-,26-,31-,32-/m0/s1. The Kier molecular flexibility index (Phi) is 5.21. The van der Waals surface area contributed by atoms with Crippen LogP contribution in [0, 0.1) is 28.6 Å². The fraction of sp³-hybridized carbons (Fsp3) is 0.469. The number of pyridine rings is 1. The maximum absolute atomic E-state index is 12.8. The molecule has 37 heavy (non-hydrogen) atoms. The molecule has 0 bridgehead atoms. The minimum Gasteiger partial charge on any atom is -0.349 e. The van der Waals surface area contributed by atoms with Gasteiger partial charge in [0.25, 0.3) is 5.91 Å². The number of rotatable bonds is 3. The van der Waals surface area contributed by atoms with Gasteiger partial charge >= 0.3 is 0 Å². The number of nitrogens with one attached hydrogen (secondary N) is 1. The minimum absolute atomic E-state index is 0.000933. The Labute approximate surface area is 219 Å². The average molecular weight is 493 g/mol. The van der Waals surface area contributed by atoms with E-state index in [2.05, 4.69) is 65.1 Å². The van der Waals surface area contributed by atoms with Crippen molar-refractivity contribution in [2.75, 3.05) is 0 Å². The molecule has 0 aliphatic heterocycles. The van der Waals surface area contributed by atoms with E-state index in [0.29, 0.717) is 11.5 Å². The van der Waals surface area contributed by atoms with E-state index in [1.54, 1.807) is 18.0 Å². The van der Waals surface area contributed by atoms with Crippen LogP contribution in [-0.4, -0.2) is 26.5 Å². The number of allylic oxidation sites excluding steroid dienone is 3. The van der Waals surface area contributed by atoms with Crippen molar-refractivity contribution in [3.63, 3.8) is 0 Å². The van der Waals surface area contributed by atoms with Crippen molar-refractivity contribution in [3.8, 4) is 0 Å². The van der Waals surface area contributed by atoms with Gasteiger partial charge in [0, 0.05) is 29.5 Å². The SMILES string of the molecule is C[C@]12CC[C@H](NC(=O)c3cccnc3)CC1=CC[C@@H]1[C@@H]2CC[C@]2(C)C(n3cnc4ccccc43)=CC[C@@H]12. The Morgan fingerprint density at radius 2 is 1.86 bits per heavy atom. The zero-order valence-electron chi connectivity index (χ0n) is 21.9. The van der Waals surface area contributed by atoms with Crippen molar-refractivity contribution in [1.82, 2.24) is 19.9 Å². The lowest BCUT2D eigenvalue weighted by Crippen LogP contribution is -2.51. The van der Waals surface area contributed by atoms with Gasteiger partial charge in [0.2, 0.25) is 0 Å². The number of hydrogen-bond donors (Lipinski definition) is 1. The molecular formula is C32H36N4O. The summed E-state index contributed by atoms with van der Waals surface area (Å²) in [5, 5.41) is 3.30. The largest absolute Gasteiger partial charge is 0.349 e. The number of amides is 1. The van der Waals surface area contributed by atoms with Crippen molar-refractivity contribution >= 4 is 22.6 Å². The molecule has 5 nitrogen and oxygen atoms in total. The lowest BCUT2D eigenvalue weighted by atomic mass is 9.47. The zero-order chi connectivity index (χ0) is 25.2. The van der Waals surface area contributed by atoms with Crippen molar-refractivity contribution < 1.29 is 4.79 Å². The predicted octanol–water partition coefficient (Wildman–Crippen LogP) is 6.64. The van der Waals surface area contributed by atoms with Crippen LogP contribution < -0.4 is 5.32 Å². The number of aromatic nitrogens is 3. The number of carbonyl (C=O) groups excluding carboxylic acids is 1. The van der Waals surface area contributed by atoms with Crippen LogP contribution in [0.2, 0.25) is 0 Å². The van der Waals surface area contributed by atoms with Gasteiger partial charge in [0.1, 0.15) is 6.33 Å². The molecule has 6 atom stereocenters. The van der Waals surface area contributed by atoms with Crippen molar-refractivity contribution in [1.29, 1.82) is 0 Å². The minimum atomic E-state index is 0.000933. The smallest absolute Gasteiger partial charge is 0.253 e. The Morgan fingerprint density at radius 1 is 1.00 bits per heavy atom. The number of imidazole rings is 1. The third-order valence-electron chi connectivity index (χ3n) is 10.6. The van der Waals surface area contributed by atoms with Crippen LogP contribution in [0.25, 0.3) is 16.7 Å². The maximum atomic E-state index is 12.8. The van der Waals surface area contributed by atoms with Gasteiger partial charge in [-0.25, -0.2) is 4.98 Å². The molecule has 1 N–H and O–H groups in total. The number of carbonyl (C=O) groups is 1. The Bertz CT molecular complexity index is 1420. The molecular weight excluding hydrogens is 456 g/mol. The summed E-state index contributed by atoms with van der Waals surface area (Å²) in [4.78, 5) is 21.6. The highest BCUT2D eigenvalue weighted by atomic mass is 16.1. The summed E-state index contributed by atoms with van der Waals surface area (Å²) in [6.07, 6.45) is 18.5. The molecule has 0 radical (unpaired) electrons. The lowest BCUT2D eigenvalue weighted by molar-refractivity contribution is -0.0136. The molecule has 0 spiro atoms. The van der Waals surface area contributed by atoms with E-state index in [-0.39, 0.29) is 22.8 Å². The number of hydrogen-bond acceptors (Lipinski definition) is 3. The highest BCUT2D eigenvalue weighted by Crippen LogP contribution is 2.65. The van der Waals surface area contributed by atoms with E-state index < -0.39 is 0 Å². The first-order chi connectivity index (χ1) is 18.0. The van der Waals surface area contributed by atoms with Crippen LogP contribution in [0.4, 0.5) is 0 Å². The fourth-order valence-electron chi connectivity index (χ4n) is 8.62. The third kappa shape index (κ3) is 3.46. The van der Waals surface area contributed by atoms with Crippen molar-refractivity contribution in [2.24, 2.45) is 28.6 Å². The quantitative estimate of drug-likeness (QED) is 0.417. The highest BCUT2D eigenvalue weighted by molar-refractivity contribution is 5.94. The molecule has 1 aromatic carbocycles. The van der Waals surface area contributed by atoms with Gasteiger partial charge < -0.3 is 9.88 Å². The molecule has 0 saturated heterocycles. The third-order valence-corrected chi connectivity index (χ3v) is 10.6. The first-order valence-corrected chi connectivity index (χ1v) is 14.0. The normalized spacial score (nSPS) is 34.6. The summed E-state index contributed by atoms with van der Waals surface area (Å²) in [7, 11) is 0. The van der Waals surface area contributed by atoms with E-state index in [9.17, 15) is 4.79 Å². The lowest BCUT2D eigenvalue weighted by Gasteiger charge is -2.58. The molecule has 190 valence electrons. The van der Waals surface area contributed by atoms with E-state index in [4.69, 9.17) is 4.98 Å². The van der Waals surface area contributed by atoms with Crippen LogP contribution >= 0.6 is 0 Å². The van der Waals surface area contributed by atoms with Crippen LogP contribution in [0.15, 0.2) is 72.8 Å². The number of benzene rings is 1. The Balaban J connectivity index is 1.11. The average Bonchev–Trinajstić information content (AvgIpc) is 3.49. The zero-order valence-corrected chi connectivity index (χ0v) is 21.9. The number of nitrogens with zero attached hydrogens (tertiary/aromatic N) is 3. The molecule has 4 aliphatic carbocycles. The molecule has 4 aliphatic rings. The second kappa shape index (κ2) is 8.41. The van der Waals surface area contributed by atoms with Gasteiger partial charge in [0.05, 0.1) is 16.6 Å². The first kappa shape index (κ1) is 22.9. The second-order valence-electron chi connectivity index (χ2n) is 12.3. The Hall–Kier alpha value is -3.21. The Morgan fingerprint density at radius 3 is 2.73 bits per heavy atom. The topological polar surface area (TPSA) is 59.8 Å². The van der Waals surface area contributed by atoms with E-state index in [0.717, 1.165) is 36.6 Å². The van der Waals surface area contributed by atoms with Gasteiger partial charge in [-0.05, 0) is 92.4 Å². The molecule has 0 unspecified atom stereocenters. The summed E-state index contributed by atoms with van der Waals surface area (Å²) >= 11 is 0. The molecule has 2 heterocycles. The molecule has 2 saturated carbocycles. The first-order valence-electron chi connectivity index (χ1n) is 14.0. The fourth-order valence-corrected chi connectivity index (χ4v) is 8.62. The second-order valence-corrected chi connectivity index (χ2v) is 12.3. The predicted molar refractivity (Wildman–Crippen MR) is 147 cm³/mol. The van der Waals surface area contributed by atoms with Crippen LogP contribution in [0.1, 0.15) is 69.2 Å². The molecule has 3 aromatic rings. The summed E-state index contributed by atoms with van der Waals surface area (Å²) in [6.45, 7) is 5.05. The maximum Gasteiger partial charge on any atom is 0.253 e. The molecule has 2 fully saturated rings. The number of fused-ring (bicyclic) bond motifs is 6. The van der Waals surface area contributed by atoms with E-state index >= 15 is 0 Å². The van der Waals surface area contributed by atoms with E-state index in [1.165, 1.54) is 36.9 Å². The summed E-state index contributed by atoms with van der Waals surface area (Å²) in [6, 6.07) is 12.4. The molecule has 1 amide bonds. The van der Waals surface area contributed by atoms with Gasteiger partial charge in [-0.3, -0.25) is 9.78 Å². The summed E-state index contributed by atoms with van der Waals surface area (Å²) in [5.41, 5.74) is 6.45. The summed E-state index contributed by atoms with van der Waals surface area (Å²) < 4.78 is 2.37. The molecule has 7 rings (SSSR count). The van der Waals surface area contributed by atoms with E-state index in [1.807, 2.05) is 18.5 Å². The van der Waals surface area contributed by atoms with Crippen molar-refractivity contribution in [2.45, 2.75) is 64.8 Å². The van der Waals surface area contributed by atoms with Crippen LogP contribution in [0.3, 0.4) is 0 Å². The summed E-state index contributed by atoms with van der Waals surface area (Å²) in [5.74, 6) is 2.13. The highest BCUT2D eigenvalue weighted by Gasteiger charge is 2.57. The van der Waals surface area contributed by atoms with Gasteiger partial charge in [-0.15, -0.1) is 0 Å².